The van der Waals surface area contributed by atoms with Gasteiger partial charge < -0.3 is 14.8 Å². The Morgan fingerprint density at radius 2 is 1.95 bits per heavy atom. The van der Waals surface area contributed by atoms with Crippen LogP contribution >= 0.6 is 11.3 Å². The van der Waals surface area contributed by atoms with Gasteiger partial charge >= 0.3 is 0 Å². The van der Waals surface area contributed by atoms with E-state index in [4.69, 9.17) is 9.47 Å². The first-order valence-corrected chi connectivity index (χ1v) is 7.47. The molecule has 3 aromatic rings. The van der Waals surface area contributed by atoms with E-state index in [0.717, 1.165) is 28.3 Å². The molecule has 0 bridgehead atoms. The summed E-state index contributed by atoms with van der Waals surface area (Å²) in [4.78, 5) is 4.41. The predicted molar refractivity (Wildman–Crippen MR) is 86.5 cm³/mol. The van der Waals surface area contributed by atoms with Crippen molar-refractivity contribution in [3.8, 4) is 11.5 Å². The number of ether oxygens (including phenoxy) is 2. The lowest BCUT2D eigenvalue weighted by molar-refractivity contribution is 0.354. The fraction of sp³-hybridized carbons (Fsp3) is 0.188. The van der Waals surface area contributed by atoms with E-state index in [1.54, 1.807) is 25.6 Å². The van der Waals surface area contributed by atoms with Crippen LogP contribution in [0.2, 0.25) is 0 Å². The molecule has 1 aromatic carbocycles. The molecule has 0 amide bonds. The number of methoxy groups -OCH3 is 2. The quantitative estimate of drug-likeness (QED) is 0.775. The lowest BCUT2D eigenvalue weighted by Crippen LogP contribution is -2.02. The maximum atomic E-state index is 5.32. The van der Waals surface area contributed by atoms with Crippen LogP contribution < -0.4 is 14.8 Å². The predicted octanol–water partition coefficient (Wildman–Crippen LogP) is 3.93. The minimum Gasteiger partial charge on any atom is -0.493 e. The molecule has 0 aliphatic carbocycles. The van der Waals surface area contributed by atoms with Crippen LogP contribution in [-0.2, 0) is 6.54 Å². The minimum atomic E-state index is 0.683. The van der Waals surface area contributed by atoms with E-state index >= 15 is 0 Å². The highest BCUT2D eigenvalue weighted by molar-refractivity contribution is 7.17. The van der Waals surface area contributed by atoms with Gasteiger partial charge in [0.1, 0.15) is 5.82 Å². The van der Waals surface area contributed by atoms with E-state index in [2.05, 4.69) is 21.7 Å². The second kappa shape index (κ2) is 6.01. The number of pyridine rings is 1. The number of benzene rings is 1. The van der Waals surface area contributed by atoms with Gasteiger partial charge in [0.05, 0.1) is 14.2 Å². The molecule has 0 unspecified atom stereocenters. The van der Waals surface area contributed by atoms with Crippen molar-refractivity contribution in [2.45, 2.75) is 6.54 Å². The maximum absolute atomic E-state index is 5.32. The van der Waals surface area contributed by atoms with Gasteiger partial charge in [-0.05, 0) is 35.2 Å². The fourth-order valence-electron chi connectivity index (χ4n) is 2.21. The molecule has 2 heterocycles. The first-order chi connectivity index (χ1) is 10.3. The normalized spacial score (nSPS) is 10.6. The monoisotopic (exact) mass is 300 g/mol. The molecule has 2 aromatic heterocycles. The third-order valence-corrected chi connectivity index (χ3v) is 4.17. The molecule has 0 aliphatic rings. The van der Waals surface area contributed by atoms with Crippen LogP contribution in [0.15, 0.2) is 41.9 Å². The minimum absolute atomic E-state index is 0.683. The fourth-order valence-corrected chi connectivity index (χ4v) is 2.99. The molecule has 0 saturated carbocycles. The molecule has 5 heteroatoms. The van der Waals surface area contributed by atoms with Crippen molar-refractivity contribution in [1.82, 2.24) is 4.98 Å². The summed E-state index contributed by atoms with van der Waals surface area (Å²) < 4.78 is 11.8. The van der Waals surface area contributed by atoms with Gasteiger partial charge in [0.2, 0.25) is 0 Å². The summed E-state index contributed by atoms with van der Waals surface area (Å²) in [6.45, 7) is 0.683. The molecular formula is C16H16N2O2S. The Balaban J connectivity index is 1.80. The number of anilines is 1. The van der Waals surface area contributed by atoms with E-state index in [1.165, 1.54) is 4.70 Å². The van der Waals surface area contributed by atoms with Gasteiger partial charge in [0.25, 0.3) is 0 Å². The van der Waals surface area contributed by atoms with Gasteiger partial charge in [0, 0.05) is 22.8 Å². The summed E-state index contributed by atoms with van der Waals surface area (Å²) >= 11 is 1.72. The Morgan fingerprint density at radius 3 is 2.76 bits per heavy atom. The Hall–Kier alpha value is -2.27. The molecule has 0 atom stereocenters. The number of aromatic nitrogens is 1. The lowest BCUT2D eigenvalue weighted by atomic mass is 10.2. The summed E-state index contributed by atoms with van der Waals surface area (Å²) in [5.41, 5.74) is 1.11. The van der Waals surface area contributed by atoms with Gasteiger partial charge in [-0.1, -0.05) is 6.07 Å². The maximum Gasteiger partial charge on any atom is 0.161 e. The average Bonchev–Trinajstić information content (AvgIpc) is 3.01. The van der Waals surface area contributed by atoms with Crippen LogP contribution in [0.3, 0.4) is 0 Å². The number of nitrogens with zero attached hydrogens (tertiary/aromatic N) is 1. The topological polar surface area (TPSA) is 43.4 Å². The highest BCUT2D eigenvalue weighted by Gasteiger charge is 2.06. The molecular weight excluding hydrogens is 284 g/mol. The number of nitrogens with one attached hydrogen (secondary N) is 1. The van der Waals surface area contributed by atoms with Crippen molar-refractivity contribution >= 4 is 27.2 Å². The number of hydrogen-bond donors (Lipinski definition) is 1. The SMILES string of the molecule is COc1ccc(CNc2nccc3sccc23)cc1OC. The summed E-state index contributed by atoms with van der Waals surface area (Å²) in [5.74, 6) is 2.38. The second-order valence-electron chi connectivity index (χ2n) is 4.53. The third-order valence-electron chi connectivity index (χ3n) is 3.29. The smallest absolute Gasteiger partial charge is 0.161 e. The van der Waals surface area contributed by atoms with E-state index in [9.17, 15) is 0 Å². The van der Waals surface area contributed by atoms with Crippen molar-refractivity contribution in [3.63, 3.8) is 0 Å². The molecule has 0 fully saturated rings. The van der Waals surface area contributed by atoms with Crippen LogP contribution in [0.1, 0.15) is 5.56 Å². The van der Waals surface area contributed by atoms with Crippen LogP contribution in [0.25, 0.3) is 10.1 Å². The van der Waals surface area contributed by atoms with Crippen LogP contribution in [0.5, 0.6) is 11.5 Å². The van der Waals surface area contributed by atoms with Crippen molar-refractivity contribution in [1.29, 1.82) is 0 Å². The molecule has 21 heavy (non-hydrogen) atoms. The van der Waals surface area contributed by atoms with Crippen LogP contribution in [0.4, 0.5) is 5.82 Å². The van der Waals surface area contributed by atoms with Gasteiger partial charge in [-0.2, -0.15) is 0 Å². The molecule has 0 saturated heterocycles. The first kappa shape index (κ1) is 13.7. The summed E-state index contributed by atoms with van der Waals surface area (Å²) in [7, 11) is 3.28. The van der Waals surface area contributed by atoms with Crippen LogP contribution in [-0.4, -0.2) is 19.2 Å². The Labute approximate surface area is 127 Å². The first-order valence-electron chi connectivity index (χ1n) is 6.59. The van der Waals surface area contributed by atoms with Crippen LogP contribution in [0, 0.1) is 0 Å². The second-order valence-corrected chi connectivity index (χ2v) is 5.48. The average molecular weight is 300 g/mol. The Kier molecular flexibility index (Phi) is 3.92. The molecule has 0 spiro atoms. The molecule has 1 N–H and O–H groups in total. The van der Waals surface area contributed by atoms with Crippen molar-refractivity contribution in [2.24, 2.45) is 0 Å². The zero-order valence-electron chi connectivity index (χ0n) is 11.9. The Morgan fingerprint density at radius 1 is 1.10 bits per heavy atom. The molecule has 0 radical (unpaired) electrons. The zero-order chi connectivity index (χ0) is 14.7. The van der Waals surface area contributed by atoms with E-state index in [1.807, 2.05) is 30.5 Å². The highest BCUT2D eigenvalue weighted by Crippen LogP contribution is 2.29. The summed E-state index contributed by atoms with van der Waals surface area (Å²) in [6, 6.07) is 10.0. The Bertz CT molecular complexity index is 755. The number of hydrogen-bond acceptors (Lipinski definition) is 5. The van der Waals surface area contributed by atoms with E-state index < -0.39 is 0 Å². The summed E-state index contributed by atoms with van der Waals surface area (Å²) in [5, 5.41) is 6.61. The van der Waals surface area contributed by atoms with E-state index in [-0.39, 0.29) is 0 Å². The molecule has 108 valence electrons. The third kappa shape index (κ3) is 2.78. The van der Waals surface area contributed by atoms with Crippen molar-refractivity contribution in [2.75, 3.05) is 19.5 Å². The standard InChI is InChI=1S/C16H16N2O2S/c1-19-13-4-3-11(9-14(13)20-2)10-18-16-12-6-8-21-15(12)5-7-17-16/h3-9H,10H2,1-2H3,(H,17,18). The molecule has 3 rings (SSSR count). The number of thiophene rings is 1. The summed E-state index contributed by atoms with van der Waals surface area (Å²) in [6.07, 6.45) is 1.83. The molecule has 0 aliphatic heterocycles. The number of fused-ring (bicyclic) bond motifs is 1. The zero-order valence-corrected chi connectivity index (χ0v) is 12.7. The number of rotatable bonds is 5. The van der Waals surface area contributed by atoms with E-state index in [0.29, 0.717) is 6.54 Å². The van der Waals surface area contributed by atoms with Gasteiger partial charge in [0.15, 0.2) is 11.5 Å². The van der Waals surface area contributed by atoms with Gasteiger partial charge in [-0.3, -0.25) is 0 Å². The van der Waals surface area contributed by atoms with Gasteiger partial charge in [-0.15, -0.1) is 11.3 Å². The lowest BCUT2D eigenvalue weighted by Gasteiger charge is -2.11. The largest absolute Gasteiger partial charge is 0.493 e. The van der Waals surface area contributed by atoms with Gasteiger partial charge in [-0.25, -0.2) is 4.98 Å². The highest BCUT2D eigenvalue weighted by atomic mass is 32.1. The molecule has 4 nitrogen and oxygen atoms in total. The van der Waals surface area contributed by atoms with Crippen molar-refractivity contribution in [3.05, 3.63) is 47.5 Å². The van der Waals surface area contributed by atoms with Crippen molar-refractivity contribution < 1.29 is 9.47 Å².